The summed E-state index contributed by atoms with van der Waals surface area (Å²) in [6.45, 7) is 9.22. The third-order valence-electron chi connectivity index (χ3n) is 15.5. The van der Waals surface area contributed by atoms with Gasteiger partial charge in [0.05, 0.1) is 23.5 Å². The van der Waals surface area contributed by atoms with E-state index in [1.165, 1.54) is 39.4 Å². The number of anilines is 1. The molecule has 6 aliphatic heterocycles. The number of fused-ring (bicyclic) bond motifs is 5. The van der Waals surface area contributed by atoms with Crippen LogP contribution in [-0.2, 0) is 36.9 Å². The van der Waals surface area contributed by atoms with E-state index in [-0.39, 0.29) is 29.7 Å². The minimum absolute atomic E-state index is 0.0356. The SMILES string of the molecule is Cc1ccc2c(c1)c(CC(=O)N1CCN(C(=O)c3ccc(C(=O)[O-])c(C4=c5cc6c7c(c5Oc5c4cc4c8c5CCCN8CCC4)CCC[N+]=7CCC6)c3)CC1)c(C)n2C(=O)c1ccc(Cl)cc1. The molecule has 11 nitrogen and oxygen atoms in total. The minimum Gasteiger partial charge on any atom is -0.545 e. The van der Waals surface area contributed by atoms with Crippen molar-refractivity contribution >= 4 is 57.5 Å². The van der Waals surface area contributed by atoms with E-state index in [9.17, 15) is 24.3 Å². The van der Waals surface area contributed by atoms with Crippen LogP contribution in [-0.4, -0.2) is 90.4 Å². The summed E-state index contributed by atoms with van der Waals surface area (Å²) < 4.78 is 11.4. The number of carbonyl (C=O) groups is 4. The van der Waals surface area contributed by atoms with Gasteiger partial charge in [-0.15, -0.1) is 0 Å². The number of aromatic nitrogens is 1. The van der Waals surface area contributed by atoms with E-state index >= 15 is 0 Å². The second-order valence-corrected chi connectivity index (χ2v) is 19.9. The van der Waals surface area contributed by atoms with Gasteiger partial charge < -0.3 is 29.3 Å². The van der Waals surface area contributed by atoms with Gasteiger partial charge in [0.1, 0.15) is 24.6 Å². The van der Waals surface area contributed by atoms with Crippen molar-refractivity contribution in [3.63, 3.8) is 0 Å². The van der Waals surface area contributed by atoms with Gasteiger partial charge in [0.15, 0.2) is 0 Å². The molecule has 6 aliphatic rings. The molecule has 5 aromatic carbocycles. The summed E-state index contributed by atoms with van der Waals surface area (Å²) in [4.78, 5) is 62.0. The van der Waals surface area contributed by atoms with Crippen LogP contribution in [0.1, 0.15) is 107 Å². The third-order valence-corrected chi connectivity index (χ3v) is 15.7. The van der Waals surface area contributed by atoms with Gasteiger partial charge >= 0.3 is 0 Å². The molecule has 0 bridgehead atoms. The lowest BCUT2D eigenvalue weighted by molar-refractivity contribution is -0.255. The van der Waals surface area contributed by atoms with Crippen molar-refractivity contribution in [2.75, 3.05) is 57.3 Å². The number of amides is 2. The molecule has 68 heavy (non-hydrogen) atoms. The Balaban J connectivity index is 0.881. The summed E-state index contributed by atoms with van der Waals surface area (Å²) in [5, 5.41) is 16.8. The highest BCUT2D eigenvalue weighted by molar-refractivity contribution is 6.30. The third kappa shape index (κ3) is 6.86. The fourth-order valence-electron chi connectivity index (χ4n) is 12.3. The monoisotopic (exact) mass is 925 g/mol. The number of halogens is 1. The molecule has 1 saturated heterocycles. The van der Waals surface area contributed by atoms with Crippen LogP contribution in [0, 0.1) is 13.8 Å². The first-order valence-electron chi connectivity index (χ1n) is 24.3. The second kappa shape index (κ2) is 16.5. The number of rotatable bonds is 6. The van der Waals surface area contributed by atoms with Gasteiger partial charge in [0.25, 0.3) is 11.8 Å². The van der Waals surface area contributed by atoms with Crippen molar-refractivity contribution in [2.24, 2.45) is 0 Å². The standard InChI is InChI=1S/C56H52ClN5O6/c1-32-11-18-47-43(27-32)42(33(2)62(47)55(65)34-12-15-38(57)16-13-34)31-48(63)58-23-25-61(26-24-58)54(64)37-14-17-39(56(66)67)44(30-37)49-45-28-35-7-3-19-59-21-5-9-40(50(35)59)52(45)68-53-41-10-6-22-60-20-4-8-36(51(41)60)29-46(49)53/h11-18,27-30H,3-10,19-26,31H2,1-2H3. The maximum Gasteiger partial charge on any atom is 0.262 e. The first kappa shape index (κ1) is 42.6. The van der Waals surface area contributed by atoms with Crippen LogP contribution in [0.4, 0.5) is 5.69 Å². The Morgan fingerprint density at radius 2 is 1.40 bits per heavy atom. The van der Waals surface area contributed by atoms with E-state index in [1.807, 2.05) is 32.0 Å². The smallest absolute Gasteiger partial charge is 0.262 e. The van der Waals surface area contributed by atoms with Crippen LogP contribution in [0.5, 0.6) is 11.5 Å². The van der Waals surface area contributed by atoms with Crippen molar-refractivity contribution in [2.45, 2.75) is 71.6 Å². The summed E-state index contributed by atoms with van der Waals surface area (Å²) >= 11 is 6.13. The summed E-state index contributed by atoms with van der Waals surface area (Å²) in [5.74, 6) is -0.176. The average molecular weight is 927 g/mol. The first-order valence-corrected chi connectivity index (χ1v) is 24.7. The predicted octanol–water partition coefficient (Wildman–Crippen LogP) is 5.93. The molecule has 7 heterocycles. The number of hydrogen-bond donors (Lipinski definition) is 0. The molecule has 0 saturated carbocycles. The van der Waals surface area contributed by atoms with Crippen LogP contribution >= 0.6 is 11.6 Å². The lowest BCUT2D eigenvalue weighted by Gasteiger charge is -2.39. The Morgan fingerprint density at radius 1 is 0.691 bits per heavy atom. The molecule has 0 N–H and O–H groups in total. The highest BCUT2D eigenvalue weighted by Gasteiger charge is 2.37. The number of piperazine rings is 1. The molecule has 12 heteroatoms. The van der Waals surface area contributed by atoms with E-state index in [0.717, 1.165) is 127 Å². The van der Waals surface area contributed by atoms with Crippen LogP contribution in [0.15, 0.2) is 72.8 Å². The van der Waals surface area contributed by atoms with Crippen molar-refractivity contribution in [3.8, 4) is 11.5 Å². The molecule has 0 radical (unpaired) electrons. The number of carboxylic acid groups (broad SMARTS) is 1. The summed E-state index contributed by atoms with van der Waals surface area (Å²) in [6, 6.07) is 22.1. The Kier molecular flexibility index (Phi) is 10.3. The van der Waals surface area contributed by atoms with E-state index < -0.39 is 5.97 Å². The maximum absolute atomic E-state index is 14.6. The van der Waals surface area contributed by atoms with Crippen molar-refractivity contribution in [1.82, 2.24) is 18.9 Å². The number of benzene rings is 5. The summed E-state index contributed by atoms with van der Waals surface area (Å²) in [5.41, 5.74) is 12.5. The molecule has 6 aromatic rings. The van der Waals surface area contributed by atoms with E-state index in [2.05, 4.69) is 21.6 Å². The van der Waals surface area contributed by atoms with Crippen LogP contribution < -0.4 is 29.9 Å². The van der Waals surface area contributed by atoms with Gasteiger partial charge in [-0.25, -0.2) is 4.58 Å². The van der Waals surface area contributed by atoms with Gasteiger partial charge in [-0.2, -0.15) is 0 Å². The molecule has 0 atom stereocenters. The fourth-order valence-corrected chi connectivity index (χ4v) is 12.4. The predicted molar refractivity (Wildman–Crippen MR) is 260 cm³/mol. The zero-order valence-electron chi connectivity index (χ0n) is 38.5. The van der Waals surface area contributed by atoms with Crippen molar-refractivity contribution in [3.05, 3.63) is 155 Å². The molecule has 1 aromatic heterocycles. The molecule has 0 unspecified atom stereocenters. The molecule has 12 rings (SSSR count). The quantitative estimate of drug-likeness (QED) is 0.190. The molecule has 0 aliphatic carbocycles. The number of nitrogens with zero attached hydrogens (tertiary/aromatic N) is 5. The molecular formula is C56H52ClN5O6. The van der Waals surface area contributed by atoms with E-state index in [4.69, 9.17) is 16.3 Å². The summed E-state index contributed by atoms with van der Waals surface area (Å²) in [7, 11) is 0. The molecular weight excluding hydrogens is 874 g/mol. The van der Waals surface area contributed by atoms with Crippen molar-refractivity contribution < 1.29 is 29.0 Å². The highest BCUT2D eigenvalue weighted by Crippen LogP contribution is 2.49. The lowest BCUT2D eigenvalue weighted by atomic mass is 9.81. The zero-order chi connectivity index (χ0) is 46.5. The van der Waals surface area contributed by atoms with Crippen LogP contribution in [0.2, 0.25) is 5.02 Å². The number of aryl methyl sites for hydroxylation is 3. The first-order chi connectivity index (χ1) is 33.0. The molecule has 344 valence electrons. The molecule has 1 fully saturated rings. The zero-order valence-corrected chi connectivity index (χ0v) is 39.3. The van der Waals surface area contributed by atoms with Crippen LogP contribution in [0.25, 0.3) is 16.5 Å². The number of carbonyl (C=O) groups excluding carboxylic acids is 4. The lowest BCUT2D eigenvalue weighted by Crippen LogP contribution is -2.51. The van der Waals surface area contributed by atoms with E-state index in [0.29, 0.717) is 53.6 Å². The minimum atomic E-state index is -1.30. The van der Waals surface area contributed by atoms with Gasteiger partial charge in [0, 0.05) is 118 Å². The Hall–Kier alpha value is -6.72. The number of carboxylic acids is 1. The van der Waals surface area contributed by atoms with Gasteiger partial charge in [0.2, 0.25) is 11.3 Å². The van der Waals surface area contributed by atoms with Crippen molar-refractivity contribution in [1.29, 1.82) is 0 Å². The number of hydrogen-bond acceptors (Lipinski definition) is 7. The van der Waals surface area contributed by atoms with E-state index in [1.54, 1.807) is 50.8 Å². The van der Waals surface area contributed by atoms with Crippen LogP contribution in [0.3, 0.4) is 0 Å². The largest absolute Gasteiger partial charge is 0.545 e. The number of aromatic carboxylic acids is 1. The normalized spacial score (nSPS) is 17.0. The Labute approximate surface area is 399 Å². The maximum atomic E-state index is 14.6. The molecule has 0 spiro atoms. The second-order valence-electron chi connectivity index (χ2n) is 19.5. The fraction of sp³-hybridized carbons (Fsp3) is 0.339. The van der Waals surface area contributed by atoms with Gasteiger partial charge in [-0.1, -0.05) is 29.3 Å². The topological polar surface area (TPSA) is 118 Å². The van der Waals surface area contributed by atoms with Gasteiger partial charge in [-0.3, -0.25) is 19.0 Å². The molecule has 2 amide bonds. The number of ether oxygens (including phenoxy) is 1. The Morgan fingerprint density at radius 3 is 2.18 bits per heavy atom. The summed E-state index contributed by atoms with van der Waals surface area (Å²) in [6.07, 6.45) is 7.86. The highest BCUT2D eigenvalue weighted by atomic mass is 35.5. The Bertz CT molecular complexity index is 3340. The van der Waals surface area contributed by atoms with Gasteiger partial charge in [-0.05, 0) is 130 Å². The average Bonchev–Trinajstić information content (AvgIpc) is 3.62.